The molecule has 2 fully saturated rings. The van der Waals surface area contributed by atoms with Crippen molar-refractivity contribution in [3.63, 3.8) is 0 Å². The van der Waals surface area contributed by atoms with Gasteiger partial charge in [-0.25, -0.2) is 4.39 Å². The van der Waals surface area contributed by atoms with Gasteiger partial charge in [0.1, 0.15) is 5.82 Å². The van der Waals surface area contributed by atoms with E-state index in [1.54, 1.807) is 6.07 Å². The van der Waals surface area contributed by atoms with Crippen LogP contribution in [-0.4, -0.2) is 54.0 Å². The molecule has 0 bridgehead atoms. The topological polar surface area (TPSA) is 44.4 Å². The van der Waals surface area contributed by atoms with Gasteiger partial charge in [-0.05, 0) is 37.1 Å². The molecule has 2 atom stereocenters. The first-order chi connectivity index (χ1) is 12.1. The molecule has 1 aromatic rings. The van der Waals surface area contributed by atoms with Crippen LogP contribution in [0.2, 0.25) is 5.02 Å². The van der Waals surface area contributed by atoms with Crippen LogP contribution in [0.15, 0.2) is 18.2 Å². The van der Waals surface area contributed by atoms with Gasteiger partial charge >= 0.3 is 0 Å². The third-order valence-corrected chi connectivity index (χ3v) is 6.19. The summed E-state index contributed by atoms with van der Waals surface area (Å²) in [7, 11) is 0. The van der Waals surface area contributed by atoms with Gasteiger partial charge in [-0.2, -0.15) is 11.8 Å². The highest BCUT2D eigenvalue weighted by Gasteiger charge is 2.23. The molecule has 3 rings (SSSR count). The Morgan fingerprint density at radius 2 is 2.36 bits per heavy atom. The zero-order valence-electron chi connectivity index (χ0n) is 14.3. The molecule has 2 N–H and O–H groups in total. The Morgan fingerprint density at radius 3 is 3.12 bits per heavy atom. The van der Waals surface area contributed by atoms with Crippen LogP contribution in [0.3, 0.4) is 0 Å². The summed E-state index contributed by atoms with van der Waals surface area (Å²) in [5.41, 5.74) is 0.929. The SMILES string of the molecule is O=C(CC1CSCCN1)NC1CCCN(Cc2ccc(F)cc2Cl)C1. The normalized spacial score (nSPS) is 24.9. The van der Waals surface area contributed by atoms with Gasteiger partial charge in [0.15, 0.2) is 0 Å². The molecule has 7 heteroatoms. The molecule has 4 nitrogen and oxygen atoms in total. The van der Waals surface area contributed by atoms with Gasteiger partial charge in [-0.1, -0.05) is 17.7 Å². The van der Waals surface area contributed by atoms with Crippen LogP contribution in [-0.2, 0) is 11.3 Å². The van der Waals surface area contributed by atoms with E-state index in [1.165, 1.54) is 12.1 Å². The maximum atomic E-state index is 13.2. The number of carbonyl (C=O) groups excluding carboxylic acids is 1. The lowest BCUT2D eigenvalue weighted by atomic mass is 10.0. The molecule has 2 heterocycles. The zero-order chi connectivity index (χ0) is 17.6. The number of halogens is 2. The summed E-state index contributed by atoms with van der Waals surface area (Å²) in [5.74, 6) is 1.95. The Morgan fingerprint density at radius 1 is 1.48 bits per heavy atom. The summed E-state index contributed by atoms with van der Waals surface area (Å²) in [5, 5.41) is 7.05. The summed E-state index contributed by atoms with van der Waals surface area (Å²) < 4.78 is 13.2. The first-order valence-corrected chi connectivity index (χ1v) is 10.4. The van der Waals surface area contributed by atoms with E-state index in [1.807, 2.05) is 11.8 Å². The fraction of sp³-hybridized carbons (Fsp3) is 0.611. The quantitative estimate of drug-likeness (QED) is 0.817. The Hall–Kier alpha value is -0.820. The average Bonchev–Trinajstić information content (AvgIpc) is 2.58. The van der Waals surface area contributed by atoms with Crippen LogP contribution in [0.5, 0.6) is 0 Å². The van der Waals surface area contributed by atoms with E-state index in [2.05, 4.69) is 15.5 Å². The van der Waals surface area contributed by atoms with E-state index in [-0.39, 0.29) is 23.8 Å². The Kier molecular flexibility index (Phi) is 6.99. The molecule has 0 radical (unpaired) electrons. The van der Waals surface area contributed by atoms with Gasteiger partial charge in [-0.3, -0.25) is 9.69 Å². The molecule has 2 aliphatic rings. The lowest BCUT2D eigenvalue weighted by Gasteiger charge is -2.33. The van der Waals surface area contributed by atoms with Gasteiger partial charge < -0.3 is 10.6 Å². The second-order valence-electron chi connectivity index (χ2n) is 6.81. The Bertz CT molecular complexity index is 598. The van der Waals surface area contributed by atoms with E-state index >= 15 is 0 Å². The largest absolute Gasteiger partial charge is 0.352 e. The van der Waals surface area contributed by atoms with E-state index in [4.69, 9.17) is 11.6 Å². The maximum Gasteiger partial charge on any atom is 0.221 e. The van der Waals surface area contributed by atoms with Gasteiger partial charge in [0, 0.05) is 54.7 Å². The molecule has 1 amide bonds. The van der Waals surface area contributed by atoms with E-state index in [0.717, 1.165) is 49.5 Å². The number of likely N-dealkylation sites (tertiary alicyclic amines) is 1. The Balaban J connectivity index is 1.48. The molecule has 2 aliphatic heterocycles. The van der Waals surface area contributed by atoms with Crippen molar-refractivity contribution in [3.8, 4) is 0 Å². The molecule has 25 heavy (non-hydrogen) atoms. The first-order valence-electron chi connectivity index (χ1n) is 8.87. The number of piperidine rings is 1. The summed E-state index contributed by atoms with van der Waals surface area (Å²) in [6.45, 7) is 3.46. The fourth-order valence-electron chi connectivity index (χ4n) is 3.47. The molecule has 0 spiro atoms. The third-order valence-electron chi connectivity index (χ3n) is 4.71. The van der Waals surface area contributed by atoms with Gasteiger partial charge in [0.2, 0.25) is 5.91 Å². The predicted molar refractivity (Wildman–Crippen MR) is 102 cm³/mol. The number of hydrogen-bond donors (Lipinski definition) is 2. The number of carbonyl (C=O) groups is 1. The predicted octanol–water partition coefficient (Wildman–Crippen LogP) is 2.65. The fourth-order valence-corrected chi connectivity index (χ4v) is 4.65. The minimum Gasteiger partial charge on any atom is -0.352 e. The molecular weight excluding hydrogens is 361 g/mol. The monoisotopic (exact) mass is 385 g/mol. The maximum absolute atomic E-state index is 13.2. The van der Waals surface area contributed by atoms with Crippen molar-refractivity contribution in [2.75, 3.05) is 31.1 Å². The van der Waals surface area contributed by atoms with Gasteiger partial charge in [-0.15, -0.1) is 0 Å². The molecule has 1 aromatic carbocycles. The van der Waals surface area contributed by atoms with Crippen LogP contribution in [0.25, 0.3) is 0 Å². The summed E-state index contributed by atoms with van der Waals surface area (Å²) >= 11 is 8.04. The number of nitrogens with one attached hydrogen (secondary N) is 2. The van der Waals surface area contributed by atoms with Gasteiger partial charge in [0.25, 0.3) is 0 Å². The minimum atomic E-state index is -0.313. The van der Waals surface area contributed by atoms with Crippen molar-refractivity contribution in [2.24, 2.45) is 0 Å². The number of hydrogen-bond acceptors (Lipinski definition) is 4. The smallest absolute Gasteiger partial charge is 0.221 e. The molecule has 138 valence electrons. The number of amides is 1. The lowest BCUT2D eigenvalue weighted by molar-refractivity contribution is -0.122. The summed E-state index contributed by atoms with van der Waals surface area (Å²) in [4.78, 5) is 14.6. The van der Waals surface area contributed by atoms with E-state index in [0.29, 0.717) is 18.0 Å². The summed E-state index contributed by atoms with van der Waals surface area (Å²) in [6, 6.07) is 5.01. The molecular formula is C18H25ClFN3OS. The number of thioether (sulfide) groups is 1. The minimum absolute atomic E-state index is 0.131. The van der Waals surface area contributed by atoms with E-state index < -0.39 is 0 Å². The van der Waals surface area contributed by atoms with Crippen molar-refractivity contribution in [1.82, 2.24) is 15.5 Å². The highest BCUT2D eigenvalue weighted by molar-refractivity contribution is 7.99. The summed E-state index contributed by atoms with van der Waals surface area (Å²) in [6.07, 6.45) is 2.60. The highest BCUT2D eigenvalue weighted by atomic mass is 35.5. The second-order valence-corrected chi connectivity index (χ2v) is 8.36. The van der Waals surface area contributed by atoms with E-state index in [9.17, 15) is 9.18 Å². The Labute approximate surface area is 157 Å². The van der Waals surface area contributed by atoms with Crippen molar-refractivity contribution < 1.29 is 9.18 Å². The molecule has 2 unspecified atom stereocenters. The van der Waals surface area contributed by atoms with Crippen molar-refractivity contribution in [3.05, 3.63) is 34.6 Å². The number of rotatable bonds is 5. The van der Waals surface area contributed by atoms with Crippen LogP contribution >= 0.6 is 23.4 Å². The van der Waals surface area contributed by atoms with Crippen LogP contribution in [0.4, 0.5) is 4.39 Å². The van der Waals surface area contributed by atoms with Crippen LogP contribution in [0, 0.1) is 5.82 Å². The molecule has 2 saturated heterocycles. The van der Waals surface area contributed by atoms with Crippen LogP contribution < -0.4 is 10.6 Å². The lowest BCUT2D eigenvalue weighted by Crippen LogP contribution is -2.49. The number of nitrogens with zero attached hydrogens (tertiary/aromatic N) is 1. The zero-order valence-corrected chi connectivity index (χ0v) is 15.8. The molecule has 0 saturated carbocycles. The first kappa shape index (κ1) is 19.0. The number of benzene rings is 1. The molecule has 0 aromatic heterocycles. The standard InChI is InChI=1S/C18H25ClFN3OS/c19-17-8-14(20)4-3-13(17)10-23-6-1-2-15(11-23)22-18(24)9-16-12-25-7-5-21-16/h3-4,8,15-16,21H,1-2,5-7,9-12H2,(H,22,24). The second kappa shape index (κ2) is 9.21. The van der Waals surface area contributed by atoms with Crippen molar-refractivity contribution >= 4 is 29.3 Å². The van der Waals surface area contributed by atoms with Crippen molar-refractivity contribution in [2.45, 2.75) is 37.9 Å². The third kappa shape index (κ3) is 5.84. The van der Waals surface area contributed by atoms with Crippen molar-refractivity contribution in [1.29, 1.82) is 0 Å². The highest BCUT2D eigenvalue weighted by Crippen LogP contribution is 2.21. The van der Waals surface area contributed by atoms with Gasteiger partial charge in [0.05, 0.1) is 0 Å². The molecule has 0 aliphatic carbocycles. The van der Waals surface area contributed by atoms with Crippen LogP contribution in [0.1, 0.15) is 24.8 Å². The average molecular weight is 386 g/mol.